The molecule has 1 aromatic heterocycles. The quantitative estimate of drug-likeness (QED) is 0.321. The molecule has 0 fully saturated rings. The number of hydrogen-bond donors (Lipinski definition) is 1. The highest BCUT2D eigenvalue weighted by molar-refractivity contribution is 9.10. The third kappa shape index (κ3) is 3.38. The average molecular weight is 536 g/mol. The standard InChI is InChI=1S/C26H20BrClN4O2/c1-14-3-5-15(6-4-14)24-22-23(31-26-29-13-30-32(24)26)18-12-17(28)8-10-21(18)34-25(22)19-11-16(27)7-9-20(19)33-2/h3-13,24-25H,1-2H3,(H,29,30,31)/t24-,25+/m1/s1. The van der Waals surface area contributed by atoms with Crippen LogP contribution in [-0.4, -0.2) is 21.9 Å². The van der Waals surface area contributed by atoms with Crippen LogP contribution in [0.15, 0.2) is 77.0 Å². The largest absolute Gasteiger partial charge is 0.496 e. The summed E-state index contributed by atoms with van der Waals surface area (Å²) in [5, 5.41) is 8.71. The summed E-state index contributed by atoms with van der Waals surface area (Å²) in [5.74, 6) is 2.14. The molecule has 6 rings (SSSR count). The van der Waals surface area contributed by atoms with Crippen LogP contribution < -0.4 is 14.8 Å². The smallest absolute Gasteiger partial charge is 0.226 e. The van der Waals surface area contributed by atoms with Crippen molar-refractivity contribution in [1.82, 2.24) is 14.8 Å². The molecule has 6 nitrogen and oxygen atoms in total. The van der Waals surface area contributed by atoms with Crippen LogP contribution in [0.3, 0.4) is 0 Å². The van der Waals surface area contributed by atoms with Crippen molar-refractivity contribution in [3.05, 3.63) is 104 Å². The molecule has 0 unspecified atom stereocenters. The summed E-state index contributed by atoms with van der Waals surface area (Å²) in [6.07, 6.45) is 1.13. The maximum atomic E-state index is 6.69. The molecule has 1 N–H and O–H groups in total. The number of fused-ring (bicyclic) bond motifs is 3. The van der Waals surface area contributed by atoms with Gasteiger partial charge in [-0.05, 0) is 48.9 Å². The van der Waals surface area contributed by atoms with Crippen molar-refractivity contribution in [3.63, 3.8) is 0 Å². The summed E-state index contributed by atoms with van der Waals surface area (Å²) in [6.45, 7) is 2.08. The van der Waals surface area contributed by atoms with E-state index in [4.69, 9.17) is 21.1 Å². The van der Waals surface area contributed by atoms with Gasteiger partial charge < -0.3 is 14.8 Å². The first-order chi connectivity index (χ1) is 16.5. The normalized spacial score (nSPS) is 18.4. The van der Waals surface area contributed by atoms with Gasteiger partial charge in [-0.15, -0.1) is 0 Å². The number of halogens is 2. The van der Waals surface area contributed by atoms with Crippen molar-refractivity contribution in [2.24, 2.45) is 0 Å². The topological polar surface area (TPSA) is 61.2 Å². The Labute approximate surface area is 210 Å². The second kappa shape index (κ2) is 8.18. The maximum absolute atomic E-state index is 6.69. The lowest BCUT2D eigenvalue weighted by atomic mass is 9.84. The molecule has 0 saturated carbocycles. The molecule has 0 amide bonds. The highest BCUT2D eigenvalue weighted by Gasteiger charge is 2.42. The number of aryl methyl sites for hydroxylation is 1. The van der Waals surface area contributed by atoms with Crippen LogP contribution in [0.5, 0.6) is 11.5 Å². The van der Waals surface area contributed by atoms with Gasteiger partial charge in [-0.1, -0.05) is 57.4 Å². The Morgan fingerprint density at radius 3 is 2.71 bits per heavy atom. The monoisotopic (exact) mass is 534 g/mol. The van der Waals surface area contributed by atoms with E-state index < -0.39 is 6.10 Å². The molecule has 0 radical (unpaired) electrons. The van der Waals surface area contributed by atoms with E-state index in [0.717, 1.165) is 43.9 Å². The third-order valence-electron chi connectivity index (χ3n) is 6.24. The molecule has 2 aliphatic rings. The number of rotatable bonds is 3. The van der Waals surface area contributed by atoms with Gasteiger partial charge in [0.15, 0.2) is 6.10 Å². The summed E-state index contributed by atoms with van der Waals surface area (Å²) >= 11 is 10.0. The first kappa shape index (κ1) is 21.3. The number of nitrogens with zero attached hydrogens (tertiary/aromatic N) is 3. The Morgan fingerprint density at radius 1 is 1.09 bits per heavy atom. The van der Waals surface area contributed by atoms with E-state index >= 15 is 0 Å². The summed E-state index contributed by atoms with van der Waals surface area (Å²) in [6, 6.07) is 19.8. The molecule has 4 aromatic rings. The maximum Gasteiger partial charge on any atom is 0.226 e. The van der Waals surface area contributed by atoms with Crippen LogP contribution >= 0.6 is 27.5 Å². The number of aromatic nitrogens is 3. The van der Waals surface area contributed by atoms with E-state index in [1.165, 1.54) is 5.56 Å². The van der Waals surface area contributed by atoms with E-state index in [2.05, 4.69) is 62.5 Å². The van der Waals surface area contributed by atoms with Crippen LogP contribution in [0, 0.1) is 6.92 Å². The molecular formula is C26H20BrClN4O2. The van der Waals surface area contributed by atoms with Crippen molar-refractivity contribution >= 4 is 39.2 Å². The highest BCUT2D eigenvalue weighted by Crippen LogP contribution is 2.52. The SMILES string of the molecule is COc1ccc(Br)cc1[C@@H]1Oc2ccc(Cl)cc2C2=C1[C@@H](c1ccc(C)cc1)n1ncnc1N2. The van der Waals surface area contributed by atoms with E-state index in [0.29, 0.717) is 11.0 Å². The van der Waals surface area contributed by atoms with Crippen LogP contribution in [0.4, 0.5) is 5.95 Å². The fourth-order valence-corrected chi connectivity index (χ4v) is 5.23. The number of nitrogens with one attached hydrogen (secondary N) is 1. The van der Waals surface area contributed by atoms with Gasteiger partial charge in [0.25, 0.3) is 0 Å². The number of benzene rings is 3. The zero-order chi connectivity index (χ0) is 23.4. The fourth-order valence-electron chi connectivity index (χ4n) is 4.68. The number of methoxy groups -OCH3 is 1. The molecule has 2 atom stereocenters. The van der Waals surface area contributed by atoms with Crippen LogP contribution in [0.2, 0.25) is 5.02 Å². The Bertz CT molecular complexity index is 1450. The number of hydrogen-bond acceptors (Lipinski definition) is 5. The van der Waals surface area contributed by atoms with Gasteiger partial charge in [-0.3, -0.25) is 0 Å². The zero-order valence-corrected chi connectivity index (χ0v) is 20.8. The molecule has 3 heterocycles. The predicted octanol–water partition coefficient (Wildman–Crippen LogP) is 6.57. The molecule has 0 saturated heterocycles. The van der Waals surface area contributed by atoms with Crippen molar-refractivity contribution in [1.29, 1.82) is 0 Å². The fraction of sp³-hybridized carbons (Fsp3) is 0.154. The van der Waals surface area contributed by atoms with E-state index in [9.17, 15) is 0 Å². The Kier molecular flexibility index (Phi) is 5.12. The van der Waals surface area contributed by atoms with Gasteiger partial charge in [0.05, 0.1) is 12.8 Å². The molecule has 0 bridgehead atoms. The van der Waals surface area contributed by atoms with Crippen molar-refractivity contribution in [2.45, 2.75) is 19.1 Å². The zero-order valence-electron chi connectivity index (χ0n) is 18.4. The lowest BCUT2D eigenvalue weighted by molar-refractivity contribution is 0.217. The number of ether oxygens (including phenoxy) is 2. The van der Waals surface area contributed by atoms with Gasteiger partial charge in [-0.25, -0.2) is 4.68 Å². The summed E-state index contributed by atoms with van der Waals surface area (Å²) in [5.41, 5.74) is 5.99. The predicted molar refractivity (Wildman–Crippen MR) is 135 cm³/mol. The Morgan fingerprint density at radius 2 is 1.91 bits per heavy atom. The lowest BCUT2D eigenvalue weighted by Gasteiger charge is -2.39. The lowest BCUT2D eigenvalue weighted by Crippen LogP contribution is -2.32. The molecular weight excluding hydrogens is 516 g/mol. The molecule has 34 heavy (non-hydrogen) atoms. The minimum atomic E-state index is -0.438. The van der Waals surface area contributed by atoms with Crippen molar-refractivity contribution in [3.8, 4) is 11.5 Å². The summed E-state index contributed by atoms with van der Waals surface area (Å²) in [4.78, 5) is 4.48. The summed E-state index contributed by atoms with van der Waals surface area (Å²) in [7, 11) is 1.67. The molecule has 2 aliphatic heterocycles. The van der Waals surface area contributed by atoms with Crippen molar-refractivity contribution < 1.29 is 9.47 Å². The van der Waals surface area contributed by atoms with Crippen LogP contribution in [-0.2, 0) is 0 Å². The van der Waals surface area contributed by atoms with E-state index in [-0.39, 0.29) is 6.04 Å². The van der Waals surface area contributed by atoms with Crippen molar-refractivity contribution in [2.75, 3.05) is 12.4 Å². The molecule has 170 valence electrons. The first-order valence-corrected chi connectivity index (χ1v) is 12.0. The van der Waals surface area contributed by atoms with Gasteiger partial charge in [0, 0.05) is 26.2 Å². The Balaban J connectivity index is 1.66. The molecule has 0 spiro atoms. The van der Waals surface area contributed by atoms with Gasteiger partial charge in [0.1, 0.15) is 23.9 Å². The number of anilines is 1. The van der Waals surface area contributed by atoms with Crippen LogP contribution in [0.25, 0.3) is 5.70 Å². The minimum Gasteiger partial charge on any atom is -0.496 e. The molecule has 3 aromatic carbocycles. The summed E-state index contributed by atoms with van der Waals surface area (Å²) < 4.78 is 15.3. The molecule has 8 heteroatoms. The second-order valence-electron chi connectivity index (χ2n) is 8.32. The minimum absolute atomic E-state index is 0.241. The second-order valence-corrected chi connectivity index (χ2v) is 9.67. The van der Waals surface area contributed by atoms with Gasteiger partial charge in [0.2, 0.25) is 5.95 Å². The Hall–Kier alpha value is -3.29. The van der Waals surface area contributed by atoms with Crippen LogP contribution in [0.1, 0.15) is 34.4 Å². The third-order valence-corrected chi connectivity index (χ3v) is 6.97. The van der Waals surface area contributed by atoms with E-state index in [1.54, 1.807) is 13.4 Å². The molecule has 0 aliphatic carbocycles. The van der Waals surface area contributed by atoms with E-state index in [1.807, 2.05) is 41.1 Å². The van der Waals surface area contributed by atoms with Gasteiger partial charge in [-0.2, -0.15) is 10.1 Å². The highest BCUT2D eigenvalue weighted by atomic mass is 79.9. The average Bonchev–Trinajstić information content (AvgIpc) is 3.31. The van der Waals surface area contributed by atoms with Gasteiger partial charge >= 0.3 is 0 Å². The first-order valence-electron chi connectivity index (χ1n) is 10.8.